The highest BCUT2D eigenvalue weighted by molar-refractivity contribution is 7.16. The molecule has 0 saturated carbocycles. The van der Waals surface area contributed by atoms with E-state index in [1.165, 1.54) is 22.3 Å². The predicted molar refractivity (Wildman–Crippen MR) is 76.1 cm³/mol. The average Bonchev–Trinajstić information content (AvgIpc) is 2.81. The van der Waals surface area contributed by atoms with Gasteiger partial charge >= 0.3 is 0 Å². The summed E-state index contributed by atoms with van der Waals surface area (Å²) >= 11 is 7.17. The molecule has 0 saturated heterocycles. The van der Waals surface area contributed by atoms with Crippen LogP contribution in [0.1, 0.15) is 22.2 Å². The molecule has 1 aromatic carbocycles. The predicted octanol–water partition coefficient (Wildman–Crippen LogP) is 4.34. The van der Waals surface area contributed by atoms with Crippen LogP contribution < -0.4 is 0 Å². The molecule has 0 aliphatic carbocycles. The monoisotopic (exact) mass is 315 g/mol. The lowest BCUT2D eigenvalue weighted by Crippen LogP contribution is -2.31. The first-order valence-electron chi connectivity index (χ1n) is 6.00. The molecule has 0 aliphatic rings. The quantitative estimate of drug-likeness (QED) is 0.821. The van der Waals surface area contributed by atoms with Crippen molar-refractivity contribution in [3.05, 3.63) is 56.7 Å². The third-order valence-corrected chi connectivity index (χ3v) is 4.04. The Kier molecular flexibility index (Phi) is 4.73. The lowest BCUT2D eigenvalue weighted by Gasteiger charge is -2.20. The number of rotatable bonds is 4. The van der Waals surface area contributed by atoms with Gasteiger partial charge in [0.05, 0.1) is 10.9 Å². The molecule has 1 amide bonds. The fraction of sp³-hybridized carbons (Fsp3) is 0.214. The van der Waals surface area contributed by atoms with Crippen molar-refractivity contribution in [2.75, 3.05) is 6.54 Å². The molecule has 2 nitrogen and oxygen atoms in total. The molecular weight excluding hydrogens is 304 g/mol. The second kappa shape index (κ2) is 6.33. The number of thiophene rings is 1. The fourth-order valence-electron chi connectivity index (χ4n) is 1.81. The van der Waals surface area contributed by atoms with E-state index in [9.17, 15) is 13.6 Å². The van der Waals surface area contributed by atoms with Gasteiger partial charge in [0.1, 0.15) is 17.2 Å². The van der Waals surface area contributed by atoms with E-state index >= 15 is 0 Å². The van der Waals surface area contributed by atoms with Crippen LogP contribution in [0.4, 0.5) is 8.78 Å². The van der Waals surface area contributed by atoms with Gasteiger partial charge in [0.2, 0.25) is 0 Å². The maximum Gasteiger partial charge on any atom is 0.260 e. The number of halogens is 3. The van der Waals surface area contributed by atoms with Crippen molar-refractivity contribution in [1.29, 1.82) is 0 Å². The Morgan fingerprint density at radius 3 is 2.40 bits per heavy atom. The lowest BCUT2D eigenvalue weighted by atomic mass is 10.1. The van der Waals surface area contributed by atoms with Crippen molar-refractivity contribution < 1.29 is 13.6 Å². The second-order valence-corrected chi connectivity index (χ2v) is 5.92. The lowest BCUT2D eigenvalue weighted by molar-refractivity contribution is 0.0744. The number of amides is 1. The fourth-order valence-corrected chi connectivity index (χ4v) is 2.92. The topological polar surface area (TPSA) is 20.3 Å². The van der Waals surface area contributed by atoms with Crippen LogP contribution in [0.3, 0.4) is 0 Å². The smallest absolute Gasteiger partial charge is 0.260 e. The number of benzene rings is 1. The van der Waals surface area contributed by atoms with Gasteiger partial charge in [0, 0.05) is 11.4 Å². The molecule has 2 rings (SSSR count). The minimum atomic E-state index is -0.849. The summed E-state index contributed by atoms with van der Waals surface area (Å²) in [6, 6.07) is 6.90. The van der Waals surface area contributed by atoms with Crippen molar-refractivity contribution >= 4 is 28.8 Å². The van der Waals surface area contributed by atoms with Crippen LogP contribution in [0, 0.1) is 11.6 Å². The summed E-state index contributed by atoms with van der Waals surface area (Å²) in [7, 11) is 0. The maximum absolute atomic E-state index is 13.6. The normalized spacial score (nSPS) is 10.6. The van der Waals surface area contributed by atoms with Crippen LogP contribution in [-0.2, 0) is 6.54 Å². The standard InChI is InChI=1S/C14H12ClF2NOS/c1-2-18(8-9-6-7-12(15)20-9)14(19)13-10(16)4-3-5-11(13)17/h3-7H,2,8H2,1H3. The highest BCUT2D eigenvalue weighted by atomic mass is 35.5. The Hall–Kier alpha value is -1.46. The van der Waals surface area contributed by atoms with Crippen LogP contribution in [0.2, 0.25) is 4.34 Å². The van der Waals surface area contributed by atoms with Crippen LogP contribution in [-0.4, -0.2) is 17.4 Å². The molecule has 106 valence electrons. The minimum absolute atomic E-state index is 0.278. The van der Waals surface area contributed by atoms with Gasteiger partial charge in [-0.25, -0.2) is 8.78 Å². The van der Waals surface area contributed by atoms with Crippen LogP contribution in [0.5, 0.6) is 0 Å². The SMILES string of the molecule is CCN(Cc1ccc(Cl)s1)C(=O)c1c(F)cccc1F. The van der Waals surface area contributed by atoms with Crippen molar-refractivity contribution in [2.24, 2.45) is 0 Å². The Labute approximate surface area is 124 Å². The van der Waals surface area contributed by atoms with Gasteiger partial charge in [0.15, 0.2) is 0 Å². The molecule has 0 spiro atoms. The summed E-state index contributed by atoms with van der Waals surface area (Å²) in [6.45, 7) is 2.38. The number of hydrogen-bond donors (Lipinski definition) is 0. The molecule has 0 fully saturated rings. The largest absolute Gasteiger partial charge is 0.334 e. The van der Waals surface area contributed by atoms with Gasteiger partial charge in [-0.05, 0) is 31.2 Å². The summed E-state index contributed by atoms with van der Waals surface area (Å²) in [6.07, 6.45) is 0. The number of hydrogen-bond acceptors (Lipinski definition) is 2. The van der Waals surface area contributed by atoms with Gasteiger partial charge in [-0.3, -0.25) is 4.79 Å². The summed E-state index contributed by atoms with van der Waals surface area (Å²) in [4.78, 5) is 14.5. The molecule has 1 heterocycles. The van der Waals surface area contributed by atoms with E-state index in [1.807, 2.05) is 0 Å². The van der Waals surface area contributed by atoms with E-state index in [2.05, 4.69) is 0 Å². The van der Waals surface area contributed by atoms with E-state index in [1.54, 1.807) is 19.1 Å². The summed E-state index contributed by atoms with van der Waals surface area (Å²) in [5.41, 5.74) is -0.517. The summed E-state index contributed by atoms with van der Waals surface area (Å²) in [5.74, 6) is -2.36. The molecule has 2 aromatic rings. The molecule has 0 radical (unpaired) electrons. The number of carbonyl (C=O) groups is 1. The molecule has 0 unspecified atom stereocenters. The molecule has 0 aliphatic heterocycles. The molecule has 20 heavy (non-hydrogen) atoms. The highest BCUT2D eigenvalue weighted by Crippen LogP contribution is 2.24. The van der Waals surface area contributed by atoms with Crippen LogP contribution in [0.25, 0.3) is 0 Å². The molecule has 6 heteroatoms. The minimum Gasteiger partial charge on any atom is -0.334 e. The Morgan fingerprint density at radius 2 is 1.90 bits per heavy atom. The van der Waals surface area contributed by atoms with E-state index in [0.29, 0.717) is 10.9 Å². The molecule has 1 aromatic heterocycles. The Balaban J connectivity index is 2.25. The van der Waals surface area contributed by atoms with Crippen LogP contribution >= 0.6 is 22.9 Å². The van der Waals surface area contributed by atoms with Gasteiger partial charge in [-0.15, -0.1) is 11.3 Å². The van der Waals surface area contributed by atoms with E-state index in [-0.39, 0.29) is 6.54 Å². The first kappa shape index (κ1) is 14.9. The summed E-state index contributed by atoms with van der Waals surface area (Å²) in [5, 5.41) is 0. The van der Waals surface area contributed by atoms with E-state index in [4.69, 9.17) is 11.6 Å². The zero-order chi connectivity index (χ0) is 14.7. The molecule has 0 N–H and O–H groups in total. The van der Waals surface area contributed by atoms with Crippen molar-refractivity contribution in [1.82, 2.24) is 4.90 Å². The van der Waals surface area contributed by atoms with E-state index < -0.39 is 23.1 Å². The summed E-state index contributed by atoms with van der Waals surface area (Å²) < 4.78 is 27.9. The zero-order valence-corrected chi connectivity index (χ0v) is 12.3. The van der Waals surface area contributed by atoms with E-state index in [0.717, 1.165) is 17.0 Å². The van der Waals surface area contributed by atoms with Gasteiger partial charge in [0.25, 0.3) is 5.91 Å². The van der Waals surface area contributed by atoms with Crippen LogP contribution in [0.15, 0.2) is 30.3 Å². The number of carbonyl (C=O) groups excluding carboxylic acids is 1. The second-order valence-electron chi connectivity index (χ2n) is 4.12. The van der Waals surface area contributed by atoms with Crippen molar-refractivity contribution in [2.45, 2.75) is 13.5 Å². The van der Waals surface area contributed by atoms with Gasteiger partial charge in [-0.1, -0.05) is 17.7 Å². The van der Waals surface area contributed by atoms with Gasteiger partial charge < -0.3 is 4.90 Å². The first-order chi connectivity index (χ1) is 9.52. The van der Waals surface area contributed by atoms with Gasteiger partial charge in [-0.2, -0.15) is 0 Å². The number of nitrogens with zero attached hydrogens (tertiary/aromatic N) is 1. The zero-order valence-electron chi connectivity index (χ0n) is 10.7. The first-order valence-corrected chi connectivity index (χ1v) is 7.20. The maximum atomic E-state index is 13.6. The highest BCUT2D eigenvalue weighted by Gasteiger charge is 2.22. The third-order valence-electron chi connectivity index (χ3n) is 2.82. The molecule has 0 bridgehead atoms. The molecule has 0 atom stereocenters. The third kappa shape index (κ3) is 3.16. The average molecular weight is 316 g/mol. The van der Waals surface area contributed by atoms with Crippen molar-refractivity contribution in [3.63, 3.8) is 0 Å². The molecular formula is C14H12ClF2NOS. The van der Waals surface area contributed by atoms with Crippen molar-refractivity contribution in [3.8, 4) is 0 Å². The Bertz CT molecular complexity index is 609. The Morgan fingerprint density at radius 1 is 1.25 bits per heavy atom.